The molecule has 2 unspecified atom stereocenters. The molecule has 1 amide bonds. The molecule has 0 aliphatic carbocycles. The maximum Gasteiger partial charge on any atom is 0.254 e. The summed E-state index contributed by atoms with van der Waals surface area (Å²) in [7, 11) is 0. The normalized spacial score (nSPS) is 28.6. The number of carbonyl (C=O) groups excluding carboxylic acids is 1. The Morgan fingerprint density at radius 3 is 2.55 bits per heavy atom. The fraction of sp³-hybridized carbons (Fsp3) is 0.533. The zero-order chi connectivity index (χ0) is 14.3. The summed E-state index contributed by atoms with van der Waals surface area (Å²) in [4.78, 5) is 14.7. The van der Waals surface area contributed by atoms with Gasteiger partial charge in [0.25, 0.3) is 5.91 Å². The van der Waals surface area contributed by atoms with Gasteiger partial charge >= 0.3 is 0 Å². The number of anilines is 1. The number of aliphatic hydroxyl groups excluding tert-OH is 1. The minimum Gasteiger partial charge on any atom is -0.393 e. The fourth-order valence-electron chi connectivity index (χ4n) is 3.59. The number of fused-ring (bicyclic) bond motifs is 2. The predicted octanol–water partition coefficient (Wildman–Crippen LogP) is 1.41. The molecule has 0 radical (unpaired) electrons. The number of hydrogen-bond donors (Lipinski definition) is 3. The van der Waals surface area contributed by atoms with Gasteiger partial charge in [-0.05, 0) is 56.4 Å². The van der Waals surface area contributed by atoms with E-state index in [1.165, 1.54) is 0 Å². The number of rotatable bonds is 2. The molecule has 1 aromatic carbocycles. The molecular formula is C15H21N3O2. The van der Waals surface area contributed by atoms with Gasteiger partial charge in [-0.15, -0.1) is 0 Å². The molecule has 2 bridgehead atoms. The summed E-state index contributed by atoms with van der Waals surface area (Å²) in [6, 6.07) is 5.92. The molecule has 2 saturated heterocycles. The standard InChI is InChI=1S/C15H21N3O2/c1-9-6-10(2-5-14(9)17-16)15(20)18-11-3-4-12(18)8-13(19)7-11/h2,5-6,11-13,17,19H,3-4,7-8,16H2,1H3. The Kier molecular flexibility index (Phi) is 3.40. The maximum absolute atomic E-state index is 12.7. The van der Waals surface area contributed by atoms with Crippen molar-refractivity contribution in [1.82, 2.24) is 4.90 Å². The van der Waals surface area contributed by atoms with Gasteiger partial charge in [0.15, 0.2) is 0 Å². The van der Waals surface area contributed by atoms with Gasteiger partial charge in [0.05, 0.1) is 11.8 Å². The Bertz CT molecular complexity index is 518. The maximum atomic E-state index is 12.7. The minimum absolute atomic E-state index is 0.0797. The van der Waals surface area contributed by atoms with Crippen molar-refractivity contribution in [3.05, 3.63) is 29.3 Å². The molecule has 2 aliphatic heterocycles. The van der Waals surface area contributed by atoms with Crippen LogP contribution in [-0.2, 0) is 0 Å². The lowest BCUT2D eigenvalue weighted by Gasteiger charge is -2.37. The number of hydrazine groups is 1. The largest absolute Gasteiger partial charge is 0.393 e. The molecule has 4 N–H and O–H groups in total. The summed E-state index contributed by atoms with van der Waals surface area (Å²) in [5.41, 5.74) is 5.12. The Labute approximate surface area is 118 Å². The second-order valence-corrected chi connectivity index (χ2v) is 5.90. The lowest BCUT2D eigenvalue weighted by atomic mass is 9.98. The van der Waals surface area contributed by atoms with Crippen LogP contribution in [0.1, 0.15) is 41.6 Å². The van der Waals surface area contributed by atoms with Gasteiger partial charge in [-0.1, -0.05) is 0 Å². The van der Waals surface area contributed by atoms with Crippen molar-refractivity contribution < 1.29 is 9.90 Å². The van der Waals surface area contributed by atoms with Crippen molar-refractivity contribution in [3.8, 4) is 0 Å². The monoisotopic (exact) mass is 275 g/mol. The van der Waals surface area contributed by atoms with E-state index >= 15 is 0 Å². The molecule has 2 fully saturated rings. The molecule has 5 heteroatoms. The highest BCUT2D eigenvalue weighted by molar-refractivity contribution is 5.95. The van der Waals surface area contributed by atoms with Gasteiger partial charge in [-0.3, -0.25) is 10.6 Å². The average molecular weight is 275 g/mol. The van der Waals surface area contributed by atoms with Crippen molar-refractivity contribution in [2.24, 2.45) is 5.84 Å². The van der Waals surface area contributed by atoms with Crippen LogP contribution in [-0.4, -0.2) is 34.1 Å². The van der Waals surface area contributed by atoms with Crippen molar-refractivity contribution >= 4 is 11.6 Å². The van der Waals surface area contributed by atoms with Crippen LogP contribution >= 0.6 is 0 Å². The molecule has 2 aliphatic rings. The SMILES string of the molecule is Cc1cc(C(=O)N2C3CCC2CC(O)C3)ccc1NN. The second-order valence-electron chi connectivity index (χ2n) is 5.90. The van der Waals surface area contributed by atoms with Crippen LogP contribution in [0.25, 0.3) is 0 Å². The third-order valence-electron chi connectivity index (χ3n) is 4.57. The van der Waals surface area contributed by atoms with Gasteiger partial charge in [0, 0.05) is 17.6 Å². The van der Waals surface area contributed by atoms with Crippen LogP contribution in [0.4, 0.5) is 5.69 Å². The van der Waals surface area contributed by atoms with Crippen molar-refractivity contribution in [3.63, 3.8) is 0 Å². The summed E-state index contributed by atoms with van der Waals surface area (Å²) < 4.78 is 0. The first-order chi connectivity index (χ1) is 9.60. The number of aliphatic hydroxyl groups is 1. The lowest BCUT2D eigenvalue weighted by Crippen LogP contribution is -2.48. The van der Waals surface area contributed by atoms with Crippen LogP contribution in [0.15, 0.2) is 18.2 Å². The zero-order valence-corrected chi connectivity index (χ0v) is 11.7. The zero-order valence-electron chi connectivity index (χ0n) is 11.7. The number of amides is 1. The highest BCUT2D eigenvalue weighted by Gasteiger charge is 2.42. The third-order valence-corrected chi connectivity index (χ3v) is 4.57. The van der Waals surface area contributed by atoms with Gasteiger partial charge in [-0.2, -0.15) is 0 Å². The molecule has 108 valence electrons. The second kappa shape index (κ2) is 5.07. The molecule has 5 nitrogen and oxygen atoms in total. The molecule has 3 rings (SSSR count). The predicted molar refractivity (Wildman–Crippen MR) is 77.2 cm³/mol. The number of carbonyl (C=O) groups is 1. The van der Waals surface area contributed by atoms with E-state index < -0.39 is 0 Å². The summed E-state index contributed by atoms with van der Waals surface area (Å²) >= 11 is 0. The Morgan fingerprint density at radius 2 is 2.00 bits per heavy atom. The van der Waals surface area contributed by atoms with E-state index in [1.807, 2.05) is 30.0 Å². The van der Waals surface area contributed by atoms with Crippen LogP contribution in [0.3, 0.4) is 0 Å². The number of hydrogen-bond acceptors (Lipinski definition) is 4. The molecule has 0 saturated carbocycles. The smallest absolute Gasteiger partial charge is 0.254 e. The number of nitrogens with two attached hydrogens (primary N) is 1. The average Bonchev–Trinajstić information content (AvgIpc) is 2.70. The summed E-state index contributed by atoms with van der Waals surface area (Å²) in [6.07, 6.45) is 3.19. The lowest BCUT2D eigenvalue weighted by molar-refractivity contribution is 0.0287. The number of aryl methyl sites for hydroxylation is 1. The first-order valence-electron chi connectivity index (χ1n) is 7.18. The number of nitrogen functional groups attached to an aromatic ring is 1. The number of piperidine rings is 1. The van der Waals surface area contributed by atoms with Crippen LogP contribution in [0, 0.1) is 6.92 Å². The molecular weight excluding hydrogens is 254 g/mol. The first kappa shape index (κ1) is 13.4. The van der Waals surface area contributed by atoms with Gasteiger partial charge in [-0.25, -0.2) is 0 Å². The summed E-state index contributed by atoms with van der Waals surface area (Å²) in [6.45, 7) is 1.93. The summed E-state index contributed by atoms with van der Waals surface area (Å²) in [5, 5.41) is 9.81. The van der Waals surface area contributed by atoms with E-state index in [1.54, 1.807) is 0 Å². The highest BCUT2D eigenvalue weighted by atomic mass is 16.3. The van der Waals surface area contributed by atoms with Crippen LogP contribution in [0.5, 0.6) is 0 Å². The van der Waals surface area contributed by atoms with E-state index in [0.717, 1.165) is 24.1 Å². The quantitative estimate of drug-likeness (QED) is 0.563. The van der Waals surface area contributed by atoms with Crippen LogP contribution in [0.2, 0.25) is 0 Å². The Hall–Kier alpha value is -1.59. The van der Waals surface area contributed by atoms with E-state index in [9.17, 15) is 9.90 Å². The number of benzene rings is 1. The first-order valence-corrected chi connectivity index (χ1v) is 7.18. The molecule has 0 aromatic heterocycles. The molecule has 2 heterocycles. The van der Waals surface area contributed by atoms with Crippen molar-refractivity contribution in [2.75, 3.05) is 5.43 Å². The fourth-order valence-corrected chi connectivity index (χ4v) is 3.59. The highest BCUT2D eigenvalue weighted by Crippen LogP contribution is 2.36. The number of nitrogens with zero attached hydrogens (tertiary/aromatic N) is 1. The van der Waals surface area contributed by atoms with E-state index in [2.05, 4.69) is 5.43 Å². The Morgan fingerprint density at radius 1 is 1.35 bits per heavy atom. The van der Waals surface area contributed by atoms with Crippen molar-refractivity contribution in [1.29, 1.82) is 0 Å². The summed E-state index contributed by atoms with van der Waals surface area (Å²) in [5.74, 6) is 5.50. The van der Waals surface area contributed by atoms with Gasteiger partial charge in [0.2, 0.25) is 0 Å². The van der Waals surface area contributed by atoms with Gasteiger partial charge in [0.1, 0.15) is 0 Å². The van der Waals surface area contributed by atoms with E-state index in [4.69, 9.17) is 5.84 Å². The third kappa shape index (κ3) is 2.17. The molecule has 2 atom stereocenters. The topological polar surface area (TPSA) is 78.6 Å². The van der Waals surface area contributed by atoms with Crippen molar-refractivity contribution in [2.45, 2.75) is 50.8 Å². The molecule has 0 spiro atoms. The van der Waals surface area contributed by atoms with Crippen LogP contribution < -0.4 is 11.3 Å². The van der Waals surface area contributed by atoms with Gasteiger partial charge < -0.3 is 15.4 Å². The minimum atomic E-state index is -0.248. The molecule has 20 heavy (non-hydrogen) atoms. The van der Waals surface area contributed by atoms with E-state index in [0.29, 0.717) is 18.4 Å². The molecule has 1 aromatic rings. The Balaban J connectivity index is 1.84. The number of nitrogens with one attached hydrogen (secondary N) is 1. The van der Waals surface area contributed by atoms with E-state index in [-0.39, 0.29) is 24.1 Å².